The first kappa shape index (κ1) is 12.9. The summed E-state index contributed by atoms with van der Waals surface area (Å²) in [4.78, 5) is 6.33. The van der Waals surface area contributed by atoms with Crippen LogP contribution >= 0.6 is 0 Å². The van der Waals surface area contributed by atoms with Crippen LogP contribution in [0.1, 0.15) is 25.7 Å². The summed E-state index contributed by atoms with van der Waals surface area (Å²) in [6.45, 7) is 1.80. The van der Waals surface area contributed by atoms with Gasteiger partial charge < -0.3 is 14.5 Å². The molecule has 1 aliphatic heterocycles. The van der Waals surface area contributed by atoms with E-state index in [0.717, 1.165) is 32.0 Å². The fraction of sp³-hybridized carbons (Fsp3) is 0.429. The molecule has 1 aromatic carbocycles. The van der Waals surface area contributed by atoms with Gasteiger partial charge in [0.2, 0.25) is 0 Å². The van der Waals surface area contributed by atoms with E-state index in [1.807, 2.05) is 0 Å². The number of aromatic nitrogens is 2. The third-order valence-corrected chi connectivity index (χ3v) is 3.49. The molecule has 0 saturated carbocycles. The van der Waals surface area contributed by atoms with E-state index in [2.05, 4.69) is 15.0 Å². The predicted molar refractivity (Wildman–Crippen MR) is 72.0 cm³/mol. The quantitative estimate of drug-likeness (QED) is 0.914. The summed E-state index contributed by atoms with van der Waals surface area (Å²) in [6.07, 6.45) is 4.65. The molecule has 0 spiro atoms. The first-order valence-electron chi connectivity index (χ1n) is 6.81. The van der Waals surface area contributed by atoms with Gasteiger partial charge in [0.1, 0.15) is 11.6 Å². The number of phenols is 1. The van der Waals surface area contributed by atoms with Gasteiger partial charge in [-0.15, -0.1) is 0 Å². The molecule has 0 aliphatic carbocycles. The van der Waals surface area contributed by atoms with E-state index in [1.54, 1.807) is 0 Å². The van der Waals surface area contributed by atoms with Gasteiger partial charge in [0.25, 0.3) is 11.8 Å². The van der Waals surface area contributed by atoms with Crippen LogP contribution in [-0.4, -0.2) is 28.3 Å². The maximum atomic E-state index is 13.8. The maximum Gasteiger partial charge on any atom is 0.266 e. The van der Waals surface area contributed by atoms with Crippen LogP contribution in [0.2, 0.25) is 0 Å². The average Bonchev–Trinajstić information content (AvgIpc) is 2.74. The van der Waals surface area contributed by atoms with Crippen molar-refractivity contribution >= 4 is 5.95 Å². The fourth-order valence-corrected chi connectivity index (χ4v) is 2.40. The number of rotatable bonds is 2. The Bertz CT molecular complexity index is 592. The monoisotopic (exact) mass is 277 g/mol. The molecule has 1 fully saturated rings. The van der Waals surface area contributed by atoms with Crippen LogP contribution in [0, 0.1) is 5.82 Å². The molecule has 5 nitrogen and oxygen atoms in total. The summed E-state index contributed by atoms with van der Waals surface area (Å²) >= 11 is 0. The maximum absolute atomic E-state index is 13.8. The Balaban J connectivity index is 1.85. The van der Waals surface area contributed by atoms with Crippen molar-refractivity contribution in [2.75, 3.05) is 18.0 Å². The lowest BCUT2D eigenvalue weighted by atomic mass is 10.2. The molecule has 20 heavy (non-hydrogen) atoms. The molecule has 0 amide bonds. The number of halogens is 1. The number of benzene rings is 1. The zero-order chi connectivity index (χ0) is 13.9. The van der Waals surface area contributed by atoms with E-state index in [4.69, 9.17) is 4.52 Å². The van der Waals surface area contributed by atoms with Crippen molar-refractivity contribution in [1.82, 2.24) is 10.1 Å². The second-order valence-electron chi connectivity index (χ2n) is 4.96. The van der Waals surface area contributed by atoms with Crippen LogP contribution in [0.25, 0.3) is 11.5 Å². The Morgan fingerprint density at radius 1 is 1.15 bits per heavy atom. The zero-order valence-electron chi connectivity index (χ0n) is 11.0. The van der Waals surface area contributed by atoms with Crippen molar-refractivity contribution < 1.29 is 14.0 Å². The van der Waals surface area contributed by atoms with Crippen molar-refractivity contribution in [2.24, 2.45) is 0 Å². The second kappa shape index (κ2) is 5.48. The number of aromatic hydroxyl groups is 1. The molecule has 1 saturated heterocycles. The fourth-order valence-electron chi connectivity index (χ4n) is 2.40. The molecule has 106 valence electrons. The van der Waals surface area contributed by atoms with Gasteiger partial charge >= 0.3 is 0 Å². The van der Waals surface area contributed by atoms with Crippen LogP contribution < -0.4 is 4.90 Å². The van der Waals surface area contributed by atoms with Gasteiger partial charge in [-0.25, -0.2) is 4.39 Å². The van der Waals surface area contributed by atoms with Crippen LogP contribution in [0.5, 0.6) is 5.75 Å². The first-order chi connectivity index (χ1) is 9.74. The molecular weight excluding hydrogens is 261 g/mol. The number of phenolic OH excluding ortho intramolecular Hbond substituents is 1. The second-order valence-corrected chi connectivity index (χ2v) is 4.96. The van der Waals surface area contributed by atoms with Gasteiger partial charge in [-0.2, -0.15) is 4.98 Å². The highest BCUT2D eigenvalue weighted by Gasteiger charge is 2.18. The molecule has 0 atom stereocenters. The summed E-state index contributed by atoms with van der Waals surface area (Å²) in [5.41, 5.74) is 0.205. The Morgan fingerprint density at radius 3 is 2.60 bits per heavy atom. The molecule has 0 unspecified atom stereocenters. The van der Waals surface area contributed by atoms with Crippen LogP contribution in [0.3, 0.4) is 0 Å². The smallest absolute Gasteiger partial charge is 0.266 e. The van der Waals surface area contributed by atoms with Gasteiger partial charge in [-0.05, 0) is 30.1 Å². The van der Waals surface area contributed by atoms with E-state index in [9.17, 15) is 9.50 Å². The van der Waals surface area contributed by atoms with E-state index in [1.165, 1.54) is 25.0 Å². The van der Waals surface area contributed by atoms with Crippen molar-refractivity contribution in [3.05, 3.63) is 24.0 Å². The largest absolute Gasteiger partial charge is 0.508 e. The molecule has 6 heteroatoms. The van der Waals surface area contributed by atoms with Gasteiger partial charge in [0.05, 0.1) is 5.56 Å². The Kier molecular flexibility index (Phi) is 3.54. The normalized spacial score (nSPS) is 16.1. The molecule has 0 bridgehead atoms. The van der Waals surface area contributed by atoms with Gasteiger partial charge in [-0.3, -0.25) is 0 Å². The van der Waals surface area contributed by atoms with Gasteiger partial charge in [0, 0.05) is 19.2 Å². The van der Waals surface area contributed by atoms with E-state index < -0.39 is 5.82 Å². The first-order valence-corrected chi connectivity index (χ1v) is 6.81. The van der Waals surface area contributed by atoms with Crippen molar-refractivity contribution in [1.29, 1.82) is 0 Å². The van der Waals surface area contributed by atoms with Gasteiger partial charge in [0.15, 0.2) is 0 Å². The van der Waals surface area contributed by atoms with Crippen LogP contribution in [-0.2, 0) is 0 Å². The third kappa shape index (κ3) is 2.59. The molecule has 1 aromatic heterocycles. The number of hydrogen-bond donors (Lipinski definition) is 1. The summed E-state index contributed by atoms with van der Waals surface area (Å²) < 4.78 is 18.9. The molecule has 2 heterocycles. The standard InChI is InChI=1S/C14H16FN3O2/c15-12-9-10(19)5-6-11(12)13-16-14(17-20-13)18-7-3-1-2-4-8-18/h5-6,9,19H,1-4,7-8H2. The topological polar surface area (TPSA) is 62.4 Å². The molecule has 2 aromatic rings. The summed E-state index contributed by atoms with van der Waals surface area (Å²) in [6, 6.07) is 3.86. The van der Waals surface area contributed by atoms with Crippen LogP contribution in [0.15, 0.2) is 22.7 Å². The van der Waals surface area contributed by atoms with Crippen molar-refractivity contribution in [3.8, 4) is 17.2 Å². The molecule has 1 aliphatic rings. The molecular formula is C14H16FN3O2. The summed E-state index contributed by atoms with van der Waals surface area (Å²) in [5.74, 6) is -0.0503. The third-order valence-electron chi connectivity index (χ3n) is 3.49. The summed E-state index contributed by atoms with van der Waals surface area (Å²) in [5, 5.41) is 13.1. The summed E-state index contributed by atoms with van der Waals surface area (Å²) in [7, 11) is 0. The Morgan fingerprint density at radius 2 is 1.90 bits per heavy atom. The Labute approximate surface area is 116 Å². The van der Waals surface area contributed by atoms with Crippen molar-refractivity contribution in [2.45, 2.75) is 25.7 Å². The average molecular weight is 277 g/mol. The van der Waals surface area contributed by atoms with Crippen molar-refractivity contribution in [3.63, 3.8) is 0 Å². The minimum Gasteiger partial charge on any atom is -0.508 e. The lowest BCUT2D eigenvalue weighted by Gasteiger charge is -2.16. The highest BCUT2D eigenvalue weighted by Crippen LogP contribution is 2.26. The minimum absolute atomic E-state index is 0.126. The molecule has 0 radical (unpaired) electrons. The molecule has 1 N–H and O–H groups in total. The van der Waals surface area contributed by atoms with E-state index >= 15 is 0 Å². The van der Waals surface area contributed by atoms with E-state index in [0.29, 0.717) is 5.95 Å². The number of nitrogens with zero attached hydrogens (tertiary/aromatic N) is 3. The van der Waals surface area contributed by atoms with E-state index in [-0.39, 0.29) is 17.2 Å². The zero-order valence-corrected chi connectivity index (χ0v) is 11.0. The lowest BCUT2D eigenvalue weighted by molar-refractivity contribution is 0.426. The van der Waals surface area contributed by atoms with Gasteiger partial charge in [-0.1, -0.05) is 12.8 Å². The highest BCUT2D eigenvalue weighted by atomic mass is 19.1. The Hall–Kier alpha value is -2.11. The SMILES string of the molecule is Oc1ccc(-c2nc(N3CCCCCC3)no2)c(F)c1. The highest BCUT2D eigenvalue weighted by molar-refractivity contribution is 5.56. The predicted octanol–water partition coefficient (Wildman–Crippen LogP) is 2.96. The van der Waals surface area contributed by atoms with Crippen LogP contribution in [0.4, 0.5) is 10.3 Å². The number of anilines is 1. The number of hydrogen-bond acceptors (Lipinski definition) is 5. The minimum atomic E-state index is -0.573. The lowest BCUT2D eigenvalue weighted by Crippen LogP contribution is -2.24. The molecule has 3 rings (SSSR count).